The number of nitrogens with zero attached hydrogens (tertiary/aromatic N) is 2. The zero-order chi connectivity index (χ0) is 18.4. The highest BCUT2D eigenvalue weighted by molar-refractivity contribution is 5.95. The number of ether oxygens (including phenoxy) is 3. The van der Waals surface area contributed by atoms with Gasteiger partial charge in [0.15, 0.2) is 0 Å². The van der Waals surface area contributed by atoms with E-state index in [0.29, 0.717) is 25.7 Å². The van der Waals surface area contributed by atoms with E-state index in [9.17, 15) is 4.79 Å². The summed E-state index contributed by atoms with van der Waals surface area (Å²) in [5, 5.41) is 2.70. The Balaban J connectivity index is 2.27. The highest BCUT2D eigenvalue weighted by atomic mass is 16.6. The normalized spacial score (nSPS) is 16.6. The van der Waals surface area contributed by atoms with E-state index in [1.165, 1.54) is 0 Å². The van der Waals surface area contributed by atoms with Gasteiger partial charge in [-0.3, -0.25) is 5.32 Å². The van der Waals surface area contributed by atoms with Gasteiger partial charge in [-0.25, -0.2) is 9.79 Å². The first-order valence-corrected chi connectivity index (χ1v) is 8.61. The van der Waals surface area contributed by atoms with E-state index in [2.05, 4.69) is 10.3 Å². The van der Waals surface area contributed by atoms with E-state index < -0.39 is 6.09 Å². The van der Waals surface area contributed by atoms with Crippen LogP contribution in [0.1, 0.15) is 39.3 Å². The molecule has 0 saturated heterocycles. The van der Waals surface area contributed by atoms with E-state index in [1.807, 2.05) is 44.0 Å². The molecule has 7 nitrogen and oxygen atoms in total. The molecule has 1 amide bonds. The van der Waals surface area contributed by atoms with Crippen LogP contribution in [0.15, 0.2) is 23.2 Å². The Morgan fingerprint density at radius 1 is 1.28 bits per heavy atom. The molecule has 2 rings (SSSR count). The van der Waals surface area contributed by atoms with E-state index in [1.54, 1.807) is 13.8 Å². The van der Waals surface area contributed by atoms with Crippen molar-refractivity contribution in [2.45, 2.75) is 39.8 Å². The molecule has 1 atom stereocenters. The minimum absolute atomic E-state index is 0.189. The zero-order valence-electron chi connectivity index (χ0n) is 15.5. The van der Waals surface area contributed by atoms with Crippen LogP contribution in [0.3, 0.4) is 0 Å². The molecule has 0 fully saturated rings. The van der Waals surface area contributed by atoms with Crippen LogP contribution in [0.2, 0.25) is 0 Å². The van der Waals surface area contributed by atoms with Crippen molar-refractivity contribution < 1.29 is 19.0 Å². The minimum atomic E-state index is -0.510. The monoisotopic (exact) mass is 349 g/mol. The summed E-state index contributed by atoms with van der Waals surface area (Å²) in [5.74, 6) is 1.98. The number of hydrogen-bond acceptors (Lipinski definition) is 6. The second-order valence-corrected chi connectivity index (χ2v) is 5.96. The van der Waals surface area contributed by atoms with E-state index in [4.69, 9.17) is 14.2 Å². The van der Waals surface area contributed by atoms with E-state index in [0.717, 1.165) is 17.1 Å². The molecule has 7 heteroatoms. The summed E-state index contributed by atoms with van der Waals surface area (Å²) in [6, 6.07) is 5.54. The molecule has 0 spiro atoms. The molecule has 0 radical (unpaired) electrons. The lowest BCUT2D eigenvalue weighted by Gasteiger charge is -2.19. The maximum atomic E-state index is 11.8. The van der Waals surface area contributed by atoms with Gasteiger partial charge in [0.05, 0.1) is 24.9 Å². The van der Waals surface area contributed by atoms with Gasteiger partial charge in [-0.2, -0.15) is 0 Å². The topological polar surface area (TPSA) is 72.4 Å². The van der Waals surface area contributed by atoms with E-state index in [-0.39, 0.29) is 12.1 Å². The standard InChI is InChI=1S/C18H27N3O4/c1-6-23-14-9-8-10-15(24-7-2)16(14)13-11-21(5)17(19-13)20-18(22)25-12(3)4/h8-10,12-13H,6-7,11H2,1-5H3,(H,19,20,22). The number of rotatable bonds is 6. The number of amides is 1. The van der Waals surface area contributed by atoms with Gasteiger partial charge in [-0.1, -0.05) is 6.07 Å². The van der Waals surface area contributed by atoms with Gasteiger partial charge >= 0.3 is 6.09 Å². The van der Waals surface area contributed by atoms with Crippen molar-refractivity contribution >= 4 is 12.1 Å². The first-order valence-electron chi connectivity index (χ1n) is 8.61. The average molecular weight is 349 g/mol. The number of hydrogen-bond donors (Lipinski definition) is 1. The highest BCUT2D eigenvalue weighted by Gasteiger charge is 2.30. The van der Waals surface area contributed by atoms with Crippen molar-refractivity contribution in [1.29, 1.82) is 0 Å². The largest absolute Gasteiger partial charge is 0.493 e. The molecule has 138 valence electrons. The molecule has 1 N–H and O–H groups in total. The van der Waals surface area contributed by atoms with Crippen LogP contribution in [0, 0.1) is 0 Å². The third-order valence-electron chi connectivity index (χ3n) is 3.60. The Morgan fingerprint density at radius 2 is 1.88 bits per heavy atom. The summed E-state index contributed by atoms with van der Waals surface area (Å²) >= 11 is 0. The molecular weight excluding hydrogens is 322 g/mol. The maximum absolute atomic E-state index is 11.8. The molecule has 1 aromatic rings. The van der Waals surface area contributed by atoms with Crippen LogP contribution in [0.5, 0.6) is 11.5 Å². The van der Waals surface area contributed by atoms with Crippen molar-refractivity contribution in [3.05, 3.63) is 23.8 Å². The van der Waals surface area contributed by atoms with Crippen LogP contribution in [0.4, 0.5) is 4.79 Å². The number of likely N-dealkylation sites (N-methyl/N-ethyl adjacent to an activating group) is 1. The Kier molecular flexibility index (Phi) is 6.50. The summed E-state index contributed by atoms with van der Waals surface area (Å²) < 4.78 is 16.6. The van der Waals surface area contributed by atoms with Crippen LogP contribution in [-0.2, 0) is 4.74 Å². The van der Waals surface area contributed by atoms with Gasteiger partial charge in [0.2, 0.25) is 5.96 Å². The predicted molar refractivity (Wildman–Crippen MR) is 96.3 cm³/mol. The van der Waals surface area contributed by atoms with Crippen molar-refractivity contribution in [3.63, 3.8) is 0 Å². The average Bonchev–Trinajstić information content (AvgIpc) is 2.88. The fourth-order valence-electron chi connectivity index (χ4n) is 2.67. The molecule has 1 unspecified atom stereocenters. The Hall–Kier alpha value is -2.44. The lowest BCUT2D eigenvalue weighted by Crippen LogP contribution is -2.40. The van der Waals surface area contributed by atoms with Gasteiger partial charge in [0, 0.05) is 13.6 Å². The minimum Gasteiger partial charge on any atom is -0.493 e. The number of nitrogens with one attached hydrogen (secondary N) is 1. The van der Waals surface area contributed by atoms with Gasteiger partial charge in [-0.15, -0.1) is 0 Å². The zero-order valence-corrected chi connectivity index (χ0v) is 15.5. The Morgan fingerprint density at radius 3 is 2.40 bits per heavy atom. The first kappa shape index (κ1) is 18.9. The molecule has 1 aliphatic heterocycles. The van der Waals surface area contributed by atoms with Gasteiger partial charge in [-0.05, 0) is 39.8 Å². The molecule has 1 aromatic carbocycles. The van der Waals surface area contributed by atoms with Crippen LogP contribution in [0.25, 0.3) is 0 Å². The SMILES string of the molecule is CCOc1cccc(OCC)c1C1CN(C)C(NC(=O)OC(C)C)=N1. The molecular formula is C18H27N3O4. The van der Waals surface area contributed by atoms with Crippen molar-refractivity contribution in [1.82, 2.24) is 10.2 Å². The van der Waals surface area contributed by atoms with Crippen LogP contribution in [-0.4, -0.2) is 49.9 Å². The molecule has 0 aliphatic carbocycles. The highest BCUT2D eigenvalue weighted by Crippen LogP contribution is 2.38. The molecule has 1 aliphatic rings. The fourth-order valence-corrected chi connectivity index (χ4v) is 2.67. The lowest BCUT2D eigenvalue weighted by molar-refractivity contribution is 0.120. The first-order chi connectivity index (χ1) is 12.0. The third-order valence-corrected chi connectivity index (χ3v) is 3.60. The summed E-state index contributed by atoms with van der Waals surface area (Å²) in [6.45, 7) is 9.21. The number of guanidine groups is 1. The summed E-state index contributed by atoms with van der Waals surface area (Å²) in [6.07, 6.45) is -0.698. The van der Waals surface area contributed by atoms with Gasteiger partial charge < -0.3 is 19.1 Å². The summed E-state index contributed by atoms with van der Waals surface area (Å²) in [5.41, 5.74) is 0.895. The number of benzene rings is 1. The second-order valence-electron chi connectivity index (χ2n) is 5.96. The maximum Gasteiger partial charge on any atom is 0.414 e. The predicted octanol–water partition coefficient (Wildman–Crippen LogP) is 2.96. The van der Waals surface area contributed by atoms with Crippen molar-refractivity contribution in [2.75, 3.05) is 26.8 Å². The van der Waals surface area contributed by atoms with Gasteiger partial charge in [0.25, 0.3) is 0 Å². The fraction of sp³-hybridized carbons (Fsp3) is 0.556. The third kappa shape index (κ3) is 4.78. The molecule has 25 heavy (non-hydrogen) atoms. The molecule has 0 aromatic heterocycles. The molecule has 0 bridgehead atoms. The van der Waals surface area contributed by atoms with Crippen molar-refractivity contribution in [3.8, 4) is 11.5 Å². The number of aliphatic imine (C=N–C) groups is 1. The quantitative estimate of drug-likeness (QED) is 0.855. The number of carbonyl (C=O) groups is 1. The number of carbonyl (C=O) groups excluding carboxylic acids is 1. The Bertz CT molecular complexity index is 606. The smallest absolute Gasteiger partial charge is 0.414 e. The second kappa shape index (κ2) is 8.60. The molecule has 0 saturated carbocycles. The van der Waals surface area contributed by atoms with Crippen LogP contribution >= 0.6 is 0 Å². The van der Waals surface area contributed by atoms with E-state index >= 15 is 0 Å². The Labute approximate surface area is 149 Å². The van der Waals surface area contributed by atoms with Crippen molar-refractivity contribution in [2.24, 2.45) is 4.99 Å². The molecule has 1 heterocycles. The summed E-state index contributed by atoms with van der Waals surface area (Å²) in [7, 11) is 1.87. The summed E-state index contributed by atoms with van der Waals surface area (Å²) in [4.78, 5) is 18.4. The van der Waals surface area contributed by atoms with Gasteiger partial charge in [0.1, 0.15) is 17.5 Å². The lowest BCUT2D eigenvalue weighted by atomic mass is 10.0. The van der Waals surface area contributed by atoms with Crippen LogP contribution < -0.4 is 14.8 Å². The number of alkyl carbamates (subject to hydrolysis) is 1.